The number of nitrogens with zero attached hydrogens (tertiary/aromatic N) is 3. The molecule has 1 aromatic heterocycles. The number of rotatable bonds is 8. The molecule has 1 N–H and O–H groups in total. The van der Waals surface area contributed by atoms with Gasteiger partial charge in [-0.05, 0) is 57.4 Å². The molecule has 0 aliphatic carbocycles. The van der Waals surface area contributed by atoms with E-state index in [0.29, 0.717) is 24.7 Å². The van der Waals surface area contributed by atoms with Crippen LogP contribution in [0.25, 0.3) is 16.9 Å². The van der Waals surface area contributed by atoms with E-state index in [-0.39, 0.29) is 24.5 Å². The number of nitrogens with one attached hydrogen (secondary N) is 1. The van der Waals surface area contributed by atoms with Crippen molar-refractivity contribution >= 4 is 17.8 Å². The highest BCUT2D eigenvalue weighted by atomic mass is 16.5. The van der Waals surface area contributed by atoms with Gasteiger partial charge >= 0.3 is 0 Å². The van der Waals surface area contributed by atoms with Crippen LogP contribution in [-0.2, 0) is 9.53 Å². The Kier molecular flexibility index (Phi) is 7.89. The zero-order valence-electron chi connectivity index (χ0n) is 22.7. The second kappa shape index (κ2) is 11.7. The maximum absolute atomic E-state index is 13.5. The number of aromatic nitrogens is 2. The van der Waals surface area contributed by atoms with Crippen molar-refractivity contribution in [2.45, 2.75) is 39.7 Å². The van der Waals surface area contributed by atoms with Gasteiger partial charge in [0.2, 0.25) is 11.9 Å². The molecule has 1 aliphatic heterocycles. The highest BCUT2D eigenvalue weighted by Gasteiger charge is 2.26. The molecule has 0 saturated carbocycles. The molecule has 200 valence electrons. The maximum atomic E-state index is 13.5. The normalized spacial score (nSPS) is 14.8. The number of anilines is 1. The minimum atomic E-state index is -0.315. The van der Waals surface area contributed by atoms with Crippen molar-refractivity contribution in [2.24, 2.45) is 0 Å². The Morgan fingerprint density at radius 1 is 0.974 bits per heavy atom. The molecule has 0 radical (unpaired) electrons. The molecule has 7 heteroatoms. The first-order valence-electron chi connectivity index (χ1n) is 13.4. The van der Waals surface area contributed by atoms with Crippen LogP contribution in [0.15, 0.2) is 79.0 Å². The molecular weight excluding hydrogens is 488 g/mol. The van der Waals surface area contributed by atoms with E-state index in [1.54, 1.807) is 11.0 Å². The average Bonchev–Trinajstić information content (AvgIpc) is 3.59. The zero-order chi connectivity index (χ0) is 27.4. The SMILES string of the molecule is Cc1ccc(-c2cn(-c3ccc(C)cc3)c(NC(=O)CN(CC3CCCO3)C(=O)c3ccccc3C)n2)cc1. The van der Waals surface area contributed by atoms with Crippen molar-refractivity contribution in [3.63, 3.8) is 0 Å². The predicted molar refractivity (Wildman–Crippen MR) is 153 cm³/mol. The fraction of sp³-hybridized carbons (Fsp3) is 0.281. The molecule has 7 nitrogen and oxygen atoms in total. The van der Waals surface area contributed by atoms with Gasteiger partial charge in [-0.25, -0.2) is 4.98 Å². The molecule has 4 aromatic rings. The summed E-state index contributed by atoms with van der Waals surface area (Å²) in [6, 6.07) is 23.6. The molecule has 0 spiro atoms. The zero-order valence-corrected chi connectivity index (χ0v) is 22.7. The topological polar surface area (TPSA) is 76.5 Å². The molecule has 5 rings (SSSR count). The summed E-state index contributed by atoms with van der Waals surface area (Å²) in [4.78, 5) is 33.4. The van der Waals surface area contributed by atoms with Gasteiger partial charge in [0.25, 0.3) is 5.91 Å². The highest BCUT2D eigenvalue weighted by Crippen LogP contribution is 2.25. The molecule has 1 saturated heterocycles. The first-order chi connectivity index (χ1) is 18.9. The van der Waals surface area contributed by atoms with Gasteiger partial charge in [0, 0.05) is 36.2 Å². The number of carbonyl (C=O) groups excluding carboxylic acids is 2. The van der Waals surface area contributed by atoms with E-state index in [1.165, 1.54) is 0 Å². The summed E-state index contributed by atoms with van der Waals surface area (Å²) in [6.45, 7) is 6.92. The van der Waals surface area contributed by atoms with Crippen LogP contribution in [0, 0.1) is 20.8 Å². The fourth-order valence-electron chi connectivity index (χ4n) is 4.81. The van der Waals surface area contributed by atoms with Crippen LogP contribution in [0.4, 0.5) is 5.95 Å². The lowest BCUT2D eigenvalue weighted by molar-refractivity contribution is -0.117. The average molecular weight is 523 g/mol. The third kappa shape index (κ3) is 6.26. The lowest BCUT2D eigenvalue weighted by Gasteiger charge is -2.25. The van der Waals surface area contributed by atoms with Gasteiger partial charge in [0.15, 0.2) is 0 Å². The Balaban J connectivity index is 1.42. The third-order valence-electron chi connectivity index (χ3n) is 7.06. The van der Waals surface area contributed by atoms with Gasteiger partial charge in [-0.1, -0.05) is 65.7 Å². The van der Waals surface area contributed by atoms with Crippen LogP contribution in [0.3, 0.4) is 0 Å². The van der Waals surface area contributed by atoms with Crippen LogP contribution in [0.2, 0.25) is 0 Å². The molecule has 1 atom stereocenters. The molecule has 39 heavy (non-hydrogen) atoms. The van der Waals surface area contributed by atoms with Crippen LogP contribution in [0.5, 0.6) is 0 Å². The van der Waals surface area contributed by atoms with Crippen molar-refractivity contribution in [3.05, 3.63) is 101 Å². The Morgan fingerprint density at radius 3 is 2.33 bits per heavy atom. The molecule has 3 aromatic carbocycles. The number of ether oxygens (including phenoxy) is 1. The second-order valence-electron chi connectivity index (χ2n) is 10.2. The van der Waals surface area contributed by atoms with E-state index < -0.39 is 0 Å². The number of carbonyl (C=O) groups is 2. The summed E-state index contributed by atoms with van der Waals surface area (Å²) in [6.07, 6.45) is 3.68. The fourth-order valence-corrected chi connectivity index (χ4v) is 4.81. The van der Waals surface area contributed by atoms with E-state index in [4.69, 9.17) is 9.72 Å². The maximum Gasteiger partial charge on any atom is 0.254 e. The molecule has 2 amide bonds. The highest BCUT2D eigenvalue weighted by molar-refractivity contribution is 6.00. The molecule has 0 bridgehead atoms. The first kappa shape index (κ1) is 26.4. The number of hydrogen-bond donors (Lipinski definition) is 1. The summed E-state index contributed by atoms with van der Waals surface area (Å²) < 4.78 is 7.68. The summed E-state index contributed by atoms with van der Waals surface area (Å²) in [5.41, 5.74) is 6.35. The molecular formula is C32H34N4O3. The van der Waals surface area contributed by atoms with Gasteiger partial charge in [0.1, 0.15) is 6.54 Å². The number of amides is 2. The lowest BCUT2D eigenvalue weighted by atomic mass is 10.1. The van der Waals surface area contributed by atoms with Gasteiger partial charge in [0.05, 0.1) is 11.8 Å². The van der Waals surface area contributed by atoms with Crippen LogP contribution in [0.1, 0.15) is 39.9 Å². The summed E-state index contributed by atoms with van der Waals surface area (Å²) in [5, 5.41) is 2.98. The van der Waals surface area contributed by atoms with Crippen molar-refractivity contribution in [2.75, 3.05) is 25.0 Å². The summed E-state index contributed by atoms with van der Waals surface area (Å²) >= 11 is 0. The third-order valence-corrected chi connectivity index (χ3v) is 7.06. The number of imidazole rings is 1. The molecule has 1 unspecified atom stereocenters. The number of benzene rings is 3. The summed E-state index contributed by atoms with van der Waals surface area (Å²) in [5.74, 6) is -0.0924. The number of hydrogen-bond acceptors (Lipinski definition) is 4. The second-order valence-corrected chi connectivity index (χ2v) is 10.2. The van der Waals surface area contributed by atoms with E-state index in [2.05, 4.69) is 5.32 Å². The molecule has 1 aliphatic rings. The summed E-state index contributed by atoms with van der Waals surface area (Å²) in [7, 11) is 0. The van der Waals surface area contributed by atoms with Crippen molar-refractivity contribution in [1.82, 2.24) is 14.5 Å². The minimum absolute atomic E-state index is 0.0755. The Morgan fingerprint density at radius 2 is 1.67 bits per heavy atom. The van der Waals surface area contributed by atoms with Gasteiger partial charge in [-0.15, -0.1) is 0 Å². The Labute approximate surface area is 229 Å². The van der Waals surface area contributed by atoms with Crippen LogP contribution < -0.4 is 5.32 Å². The van der Waals surface area contributed by atoms with Gasteiger partial charge in [-0.3, -0.25) is 19.5 Å². The Bertz CT molecular complexity index is 1450. The number of aryl methyl sites for hydroxylation is 3. The first-order valence-corrected chi connectivity index (χ1v) is 13.4. The van der Waals surface area contributed by atoms with E-state index in [1.807, 2.05) is 98.3 Å². The van der Waals surface area contributed by atoms with Crippen LogP contribution >= 0.6 is 0 Å². The largest absolute Gasteiger partial charge is 0.376 e. The van der Waals surface area contributed by atoms with Crippen molar-refractivity contribution in [1.29, 1.82) is 0 Å². The van der Waals surface area contributed by atoms with E-state index in [9.17, 15) is 9.59 Å². The minimum Gasteiger partial charge on any atom is -0.376 e. The quantitative estimate of drug-likeness (QED) is 0.321. The lowest BCUT2D eigenvalue weighted by Crippen LogP contribution is -2.42. The van der Waals surface area contributed by atoms with Crippen molar-refractivity contribution in [3.8, 4) is 16.9 Å². The Hall–Kier alpha value is -4.23. The molecule has 1 fully saturated rings. The van der Waals surface area contributed by atoms with E-state index >= 15 is 0 Å². The standard InChI is InChI=1S/C32H34N4O3/c1-22-10-14-25(15-11-22)29-20-36(26-16-12-23(2)13-17-26)32(33-29)34-30(37)21-35(19-27-8-6-18-39-27)31(38)28-9-5-4-7-24(28)3/h4-5,7,9-17,20,27H,6,8,18-19,21H2,1-3H3,(H,33,34,37). The smallest absolute Gasteiger partial charge is 0.254 e. The van der Waals surface area contributed by atoms with Crippen molar-refractivity contribution < 1.29 is 14.3 Å². The predicted octanol–water partition coefficient (Wildman–Crippen LogP) is 5.72. The van der Waals surface area contributed by atoms with Gasteiger partial charge in [-0.2, -0.15) is 0 Å². The van der Waals surface area contributed by atoms with E-state index in [0.717, 1.165) is 46.5 Å². The van der Waals surface area contributed by atoms with Gasteiger partial charge < -0.3 is 9.64 Å². The molecule has 2 heterocycles. The monoisotopic (exact) mass is 522 g/mol. The van der Waals surface area contributed by atoms with Crippen LogP contribution in [-0.4, -0.2) is 52.1 Å².